The molecular formula is C21H25N3O5S. The number of carbonyl (C=O) groups excluding carboxylic acids is 2. The first-order chi connectivity index (χ1) is 14.5. The highest BCUT2D eigenvalue weighted by Crippen LogP contribution is 2.23. The predicted molar refractivity (Wildman–Crippen MR) is 112 cm³/mol. The van der Waals surface area contributed by atoms with Crippen molar-refractivity contribution in [1.29, 1.82) is 0 Å². The van der Waals surface area contributed by atoms with Crippen LogP contribution in [0.3, 0.4) is 0 Å². The number of aryl methyl sites for hydroxylation is 1. The maximum Gasteiger partial charge on any atom is 0.289 e. The molecule has 1 N–H and O–H groups in total. The maximum absolute atomic E-state index is 12.7. The van der Waals surface area contributed by atoms with Gasteiger partial charge in [0.2, 0.25) is 0 Å². The fourth-order valence-electron chi connectivity index (χ4n) is 3.69. The molecule has 0 spiro atoms. The lowest BCUT2D eigenvalue weighted by Crippen LogP contribution is -2.42. The van der Waals surface area contributed by atoms with E-state index < -0.39 is 0 Å². The number of carbonyl (C=O) groups is 2. The molecule has 2 aliphatic heterocycles. The number of hydrogen-bond donors (Lipinski definition) is 1. The van der Waals surface area contributed by atoms with Gasteiger partial charge in [-0.2, -0.15) is 11.8 Å². The lowest BCUT2D eigenvalue weighted by Gasteiger charge is -2.19. The Morgan fingerprint density at radius 1 is 1.20 bits per heavy atom. The molecule has 2 saturated heterocycles. The second kappa shape index (κ2) is 9.20. The van der Waals surface area contributed by atoms with E-state index in [1.54, 1.807) is 35.0 Å². The van der Waals surface area contributed by atoms with Crippen molar-refractivity contribution in [3.8, 4) is 0 Å². The number of rotatable bonds is 5. The Labute approximate surface area is 179 Å². The number of ether oxygens (including phenoxy) is 2. The highest BCUT2D eigenvalue weighted by atomic mass is 32.2. The Morgan fingerprint density at radius 3 is 2.60 bits per heavy atom. The quantitative estimate of drug-likeness (QED) is 0.773. The van der Waals surface area contributed by atoms with Crippen LogP contribution >= 0.6 is 11.8 Å². The molecule has 160 valence electrons. The van der Waals surface area contributed by atoms with E-state index in [-0.39, 0.29) is 30.1 Å². The molecule has 0 unspecified atom stereocenters. The van der Waals surface area contributed by atoms with Gasteiger partial charge in [0.1, 0.15) is 23.7 Å². The van der Waals surface area contributed by atoms with E-state index in [1.165, 1.54) is 0 Å². The third kappa shape index (κ3) is 4.53. The summed E-state index contributed by atoms with van der Waals surface area (Å²) in [6.45, 7) is 3.35. The minimum atomic E-state index is -0.271. The van der Waals surface area contributed by atoms with Gasteiger partial charge in [-0.3, -0.25) is 14.6 Å². The molecule has 0 aliphatic carbocycles. The molecule has 4 heterocycles. The van der Waals surface area contributed by atoms with E-state index in [0.717, 1.165) is 17.1 Å². The minimum Gasteiger partial charge on any atom is -0.455 e. The summed E-state index contributed by atoms with van der Waals surface area (Å²) in [4.78, 5) is 31.1. The molecule has 2 atom stereocenters. The normalized spacial score (nSPS) is 21.9. The first kappa shape index (κ1) is 20.9. The molecule has 4 rings (SSSR count). The second-order valence-corrected chi connectivity index (χ2v) is 8.36. The Bertz CT molecular complexity index is 902. The van der Waals surface area contributed by atoms with Crippen LogP contribution in [-0.4, -0.2) is 72.5 Å². The number of hydrogen-bond acceptors (Lipinski definition) is 7. The molecule has 0 radical (unpaired) electrons. The lowest BCUT2D eigenvalue weighted by atomic mass is 10.2. The van der Waals surface area contributed by atoms with E-state index in [0.29, 0.717) is 37.8 Å². The molecule has 2 aromatic rings. The number of nitrogens with zero attached hydrogens (tertiary/aromatic N) is 2. The SMILES string of the molecule is CSCc1ccc(C(=O)N2C[C@@H]3OCC(NC(=O)c4ncccc4C)CO[C@H]3C2)o1. The number of fused-ring (bicyclic) bond motifs is 1. The number of furan rings is 1. The van der Waals surface area contributed by atoms with Crippen LogP contribution in [0.4, 0.5) is 0 Å². The van der Waals surface area contributed by atoms with Crippen molar-refractivity contribution >= 4 is 23.6 Å². The van der Waals surface area contributed by atoms with Crippen LogP contribution in [0.1, 0.15) is 32.4 Å². The summed E-state index contributed by atoms with van der Waals surface area (Å²) in [7, 11) is 0. The molecule has 2 aliphatic rings. The molecule has 0 bridgehead atoms. The summed E-state index contributed by atoms with van der Waals surface area (Å²) in [5.41, 5.74) is 1.22. The van der Waals surface area contributed by atoms with Gasteiger partial charge in [-0.25, -0.2) is 0 Å². The fourth-order valence-corrected chi connectivity index (χ4v) is 4.13. The number of aromatic nitrogens is 1. The van der Waals surface area contributed by atoms with E-state index >= 15 is 0 Å². The summed E-state index contributed by atoms with van der Waals surface area (Å²) in [5, 5.41) is 2.93. The minimum absolute atomic E-state index is 0.155. The first-order valence-electron chi connectivity index (χ1n) is 9.87. The van der Waals surface area contributed by atoms with Gasteiger partial charge in [0.25, 0.3) is 11.8 Å². The number of likely N-dealkylation sites (tertiary alicyclic amines) is 1. The zero-order chi connectivity index (χ0) is 21.1. The third-order valence-corrected chi connectivity index (χ3v) is 5.82. The van der Waals surface area contributed by atoms with Crippen LogP contribution in [-0.2, 0) is 15.2 Å². The Morgan fingerprint density at radius 2 is 1.93 bits per heavy atom. The average Bonchev–Trinajstić information content (AvgIpc) is 3.33. The van der Waals surface area contributed by atoms with E-state index in [9.17, 15) is 9.59 Å². The second-order valence-electron chi connectivity index (χ2n) is 7.49. The van der Waals surface area contributed by atoms with Gasteiger partial charge >= 0.3 is 0 Å². The van der Waals surface area contributed by atoms with Crippen molar-refractivity contribution < 1.29 is 23.5 Å². The van der Waals surface area contributed by atoms with Crippen molar-refractivity contribution in [1.82, 2.24) is 15.2 Å². The molecule has 2 fully saturated rings. The summed E-state index contributed by atoms with van der Waals surface area (Å²) in [6, 6.07) is 6.93. The van der Waals surface area contributed by atoms with Crippen molar-refractivity contribution in [2.75, 3.05) is 32.6 Å². The smallest absolute Gasteiger partial charge is 0.289 e. The largest absolute Gasteiger partial charge is 0.455 e. The van der Waals surface area contributed by atoms with Gasteiger partial charge < -0.3 is 24.1 Å². The Kier molecular flexibility index (Phi) is 6.40. The highest BCUT2D eigenvalue weighted by Gasteiger charge is 2.40. The van der Waals surface area contributed by atoms with Crippen molar-refractivity contribution in [2.24, 2.45) is 0 Å². The molecule has 30 heavy (non-hydrogen) atoms. The lowest BCUT2D eigenvalue weighted by molar-refractivity contribution is -0.00461. The molecule has 0 aromatic carbocycles. The van der Waals surface area contributed by atoms with Crippen LogP contribution in [0.5, 0.6) is 0 Å². The summed E-state index contributed by atoms with van der Waals surface area (Å²) >= 11 is 1.64. The molecular weight excluding hydrogens is 406 g/mol. The van der Waals surface area contributed by atoms with Crippen LogP contribution in [0, 0.1) is 6.92 Å². The van der Waals surface area contributed by atoms with E-state index in [1.807, 2.05) is 25.3 Å². The summed E-state index contributed by atoms with van der Waals surface area (Å²) < 4.78 is 17.6. The van der Waals surface area contributed by atoms with Gasteiger partial charge in [0.05, 0.1) is 38.1 Å². The zero-order valence-corrected chi connectivity index (χ0v) is 17.8. The van der Waals surface area contributed by atoms with E-state index in [4.69, 9.17) is 13.9 Å². The van der Waals surface area contributed by atoms with Crippen molar-refractivity contribution in [2.45, 2.75) is 30.9 Å². The number of nitrogens with one attached hydrogen (secondary N) is 1. The van der Waals surface area contributed by atoms with Gasteiger partial charge in [0.15, 0.2) is 5.76 Å². The van der Waals surface area contributed by atoms with Crippen LogP contribution in [0.15, 0.2) is 34.9 Å². The molecule has 2 amide bonds. The topological polar surface area (TPSA) is 93.9 Å². The summed E-state index contributed by atoms with van der Waals surface area (Å²) in [5.74, 6) is 1.46. The molecule has 9 heteroatoms. The third-order valence-electron chi connectivity index (χ3n) is 5.24. The average molecular weight is 432 g/mol. The number of pyridine rings is 1. The van der Waals surface area contributed by atoms with Gasteiger partial charge in [0, 0.05) is 6.20 Å². The van der Waals surface area contributed by atoms with Crippen LogP contribution < -0.4 is 5.32 Å². The van der Waals surface area contributed by atoms with Crippen LogP contribution in [0.2, 0.25) is 0 Å². The predicted octanol–water partition coefficient (Wildman–Crippen LogP) is 1.88. The standard InChI is InChI=1S/C21H25N3O5S/c1-13-4-3-7-22-19(13)20(25)23-14-10-27-17-8-24(9-18(17)28-11-14)21(26)16-6-5-15(29-16)12-30-2/h3-7,14,17-18H,8-12H2,1-2H3,(H,23,25)/t17-,18-/m0/s1. The highest BCUT2D eigenvalue weighted by molar-refractivity contribution is 7.97. The van der Waals surface area contributed by atoms with E-state index in [2.05, 4.69) is 10.3 Å². The monoisotopic (exact) mass is 431 g/mol. The van der Waals surface area contributed by atoms with Gasteiger partial charge in [-0.1, -0.05) is 6.07 Å². The Balaban J connectivity index is 1.32. The molecule has 2 aromatic heterocycles. The van der Waals surface area contributed by atoms with Gasteiger partial charge in [-0.15, -0.1) is 0 Å². The Hall–Kier alpha value is -2.36. The summed E-state index contributed by atoms with van der Waals surface area (Å²) in [6.07, 6.45) is 3.13. The zero-order valence-electron chi connectivity index (χ0n) is 17.0. The van der Waals surface area contributed by atoms with Crippen molar-refractivity contribution in [3.63, 3.8) is 0 Å². The van der Waals surface area contributed by atoms with Gasteiger partial charge in [-0.05, 0) is 36.9 Å². The van der Waals surface area contributed by atoms with Crippen molar-refractivity contribution in [3.05, 3.63) is 53.2 Å². The molecule has 8 nitrogen and oxygen atoms in total. The maximum atomic E-state index is 12.7. The number of thioether (sulfide) groups is 1. The molecule has 0 saturated carbocycles. The fraction of sp³-hybridized carbons (Fsp3) is 0.476. The number of amides is 2. The van der Waals surface area contributed by atoms with Crippen LogP contribution in [0.25, 0.3) is 0 Å². The first-order valence-corrected chi connectivity index (χ1v) is 11.3.